The SMILES string of the molecule is Cc1cccc(NC(=O)c2c[nH]c3c2-c2ncncc2CCC3)n1. The van der Waals surface area contributed by atoms with Gasteiger partial charge >= 0.3 is 0 Å². The van der Waals surface area contributed by atoms with Crippen molar-refractivity contribution in [3.8, 4) is 11.3 Å². The van der Waals surface area contributed by atoms with Crippen LogP contribution in [-0.2, 0) is 12.8 Å². The van der Waals surface area contributed by atoms with Gasteiger partial charge in [0, 0.05) is 29.3 Å². The van der Waals surface area contributed by atoms with E-state index in [1.54, 1.807) is 12.3 Å². The van der Waals surface area contributed by atoms with Crippen molar-refractivity contribution >= 4 is 11.7 Å². The van der Waals surface area contributed by atoms with E-state index in [0.717, 1.165) is 47.5 Å². The molecule has 120 valence electrons. The van der Waals surface area contributed by atoms with Gasteiger partial charge in [0.1, 0.15) is 12.1 Å². The Kier molecular flexibility index (Phi) is 3.57. The first kappa shape index (κ1) is 14.6. The Bertz CT molecular complexity index is 915. The summed E-state index contributed by atoms with van der Waals surface area (Å²) in [5.74, 6) is 0.364. The molecule has 3 aromatic rings. The van der Waals surface area contributed by atoms with E-state index in [1.807, 2.05) is 25.3 Å². The zero-order chi connectivity index (χ0) is 16.5. The second-order valence-electron chi connectivity index (χ2n) is 5.92. The van der Waals surface area contributed by atoms with Crippen molar-refractivity contribution in [2.75, 3.05) is 5.32 Å². The van der Waals surface area contributed by atoms with Gasteiger partial charge in [0.25, 0.3) is 5.91 Å². The number of aryl methyl sites for hydroxylation is 3. The Morgan fingerprint density at radius 2 is 2.21 bits per heavy atom. The van der Waals surface area contributed by atoms with E-state index in [0.29, 0.717) is 11.4 Å². The number of aromatic nitrogens is 4. The van der Waals surface area contributed by atoms with Crippen LogP contribution in [0, 0.1) is 6.92 Å². The zero-order valence-electron chi connectivity index (χ0n) is 13.3. The summed E-state index contributed by atoms with van der Waals surface area (Å²) in [6, 6.07) is 5.55. The number of aromatic amines is 1. The Balaban J connectivity index is 1.74. The highest BCUT2D eigenvalue weighted by molar-refractivity contribution is 6.08. The van der Waals surface area contributed by atoms with Crippen LogP contribution in [-0.4, -0.2) is 25.8 Å². The molecule has 0 saturated heterocycles. The van der Waals surface area contributed by atoms with Gasteiger partial charge < -0.3 is 10.3 Å². The number of amides is 1. The van der Waals surface area contributed by atoms with Gasteiger partial charge in [0.15, 0.2) is 0 Å². The van der Waals surface area contributed by atoms with Crippen LogP contribution in [0.5, 0.6) is 0 Å². The average molecular weight is 319 g/mol. The quantitative estimate of drug-likeness (QED) is 0.760. The van der Waals surface area contributed by atoms with Crippen LogP contribution in [0.1, 0.15) is 33.7 Å². The van der Waals surface area contributed by atoms with Crippen molar-refractivity contribution in [2.45, 2.75) is 26.2 Å². The molecule has 6 heteroatoms. The lowest BCUT2D eigenvalue weighted by atomic mass is 10.0. The summed E-state index contributed by atoms with van der Waals surface area (Å²) < 4.78 is 0. The second-order valence-corrected chi connectivity index (χ2v) is 5.92. The van der Waals surface area contributed by atoms with Crippen LogP contribution in [0.25, 0.3) is 11.3 Å². The molecule has 0 unspecified atom stereocenters. The normalized spacial score (nSPS) is 12.9. The fourth-order valence-corrected chi connectivity index (χ4v) is 3.13. The van der Waals surface area contributed by atoms with Crippen molar-refractivity contribution in [1.29, 1.82) is 0 Å². The van der Waals surface area contributed by atoms with Gasteiger partial charge in [-0.05, 0) is 43.9 Å². The van der Waals surface area contributed by atoms with E-state index in [-0.39, 0.29) is 5.91 Å². The number of carbonyl (C=O) groups excluding carboxylic acids is 1. The van der Waals surface area contributed by atoms with E-state index in [4.69, 9.17) is 0 Å². The third-order valence-electron chi connectivity index (χ3n) is 4.23. The molecule has 0 spiro atoms. The number of pyridine rings is 1. The third kappa shape index (κ3) is 2.56. The minimum atomic E-state index is -0.183. The first-order chi connectivity index (χ1) is 11.7. The third-order valence-corrected chi connectivity index (χ3v) is 4.23. The largest absolute Gasteiger partial charge is 0.364 e. The van der Waals surface area contributed by atoms with Gasteiger partial charge in [-0.3, -0.25) is 4.79 Å². The summed E-state index contributed by atoms with van der Waals surface area (Å²) in [4.78, 5) is 28.9. The Hall–Kier alpha value is -3.02. The van der Waals surface area contributed by atoms with Crippen molar-refractivity contribution in [1.82, 2.24) is 19.9 Å². The number of nitrogens with one attached hydrogen (secondary N) is 2. The first-order valence-corrected chi connectivity index (χ1v) is 7.97. The molecule has 4 rings (SSSR count). The van der Waals surface area contributed by atoms with Gasteiger partial charge in [0.2, 0.25) is 0 Å². The number of carbonyl (C=O) groups is 1. The Morgan fingerprint density at radius 3 is 3.08 bits per heavy atom. The number of nitrogens with zero attached hydrogens (tertiary/aromatic N) is 3. The molecule has 0 radical (unpaired) electrons. The minimum Gasteiger partial charge on any atom is -0.364 e. The van der Waals surface area contributed by atoms with Gasteiger partial charge in [-0.1, -0.05) is 6.07 Å². The fourth-order valence-electron chi connectivity index (χ4n) is 3.13. The predicted octanol–water partition coefficient (Wildman–Crippen LogP) is 2.92. The lowest BCUT2D eigenvalue weighted by molar-refractivity contribution is 0.102. The smallest absolute Gasteiger partial charge is 0.259 e. The van der Waals surface area contributed by atoms with Crippen LogP contribution >= 0.6 is 0 Å². The zero-order valence-corrected chi connectivity index (χ0v) is 13.3. The number of hydrogen-bond acceptors (Lipinski definition) is 4. The van der Waals surface area contributed by atoms with E-state index in [2.05, 4.69) is 25.3 Å². The van der Waals surface area contributed by atoms with Crippen molar-refractivity contribution in [2.24, 2.45) is 0 Å². The number of rotatable bonds is 2. The maximum Gasteiger partial charge on any atom is 0.259 e. The molecule has 0 bridgehead atoms. The number of fused-ring (bicyclic) bond motifs is 3. The lowest BCUT2D eigenvalue weighted by Gasteiger charge is -2.08. The van der Waals surface area contributed by atoms with Crippen LogP contribution in [0.15, 0.2) is 36.9 Å². The summed E-state index contributed by atoms with van der Waals surface area (Å²) in [7, 11) is 0. The molecule has 0 atom stereocenters. The highest BCUT2D eigenvalue weighted by Gasteiger charge is 2.24. The molecule has 2 N–H and O–H groups in total. The number of anilines is 1. The van der Waals surface area contributed by atoms with Crippen molar-refractivity contribution in [3.63, 3.8) is 0 Å². The van der Waals surface area contributed by atoms with Gasteiger partial charge in [-0.25, -0.2) is 15.0 Å². The van der Waals surface area contributed by atoms with Crippen molar-refractivity contribution < 1.29 is 4.79 Å². The molecule has 0 aromatic carbocycles. The molecule has 0 aliphatic heterocycles. The molecule has 3 aromatic heterocycles. The van der Waals surface area contributed by atoms with Crippen molar-refractivity contribution in [3.05, 3.63) is 59.4 Å². The van der Waals surface area contributed by atoms with E-state index >= 15 is 0 Å². The average Bonchev–Trinajstić information content (AvgIpc) is 2.91. The summed E-state index contributed by atoms with van der Waals surface area (Å²) >= 11 is 0. The molecule has 6 nitrogen and oxygen atoms in total. The highest BCUT2D eigenvalue weighted by Crippen LogP contribution is 2.33. The monoisotopic (exact) mass is 319 g/mol. The van der Waals surface area contributed by atoms with Crippen LogP contribution in [0.3, 0.4) is 0 Å². The maximum atomic E-state index is 12.8. The van der Waals surface area contributed by atoms with Crippen LogP contribution in [0.4, 0.5) is 5.82 Å². The number of hydrogen-bond donors (Lipinski definition) is 2. The Labute approximate surface area is 139 Å². The molecule has 1 aliphatic rings. The molecule has 0 fully saturated rings. The molecular weight excluding hydrogens is 302 g/mol. The lowest BCUT2D eigenvalue weighted by Crippen LogP contribution is -2.14. The molecule has 3 heterocycles. The summed E-state index contributed by atoms with van der Waals surface area (Å²) in [5.41, 5.74) is 5.32. The van der Waals surface area contributed by atoms with Gasteiger partial charge in [-0.15, -0.1) is 0 Å². The summed E-state index contributed by atoms with van der Waals surface area (Å²) in [5, 5.41) is 2.87. The van der Waals surface area contributed by atoms with Gasteiger partial charge in [0.05, 0.1) is 11.3 Å². The topological polar surface area (TPSA) is 83.6 Å². The molecule has 24 heavy (non-hydrogen) atoms. The standard InChI is InChI=1S/C18H17N5O/c1-11-4-2-7-15(22-11)23-18(24)13-9-20-14-6-3-5-12-8-19-10-21-17(12)16(13)14/h2,4,7-10,20H,3,5-6H2,1H3,(H,22,23,24). The Morgan fingerprint density at radius 1 is 1.29 bits per heavy atom. The van der Waals surface area contributed by atoms with Crippen LogP contribution in [0.2, 0.25) is 0 Å². The fraction of sp³-hybridized carbons (Fsp3) is 0.222. The van der Waals surface area contributed by atoms with E-state index in [1.165, 1.54) is 6.33 Å². The molecule has 1 aliphatic carbocycles. The van der Waals surface area contributed by atoms with Gasteiger partial charge in [-0.2, -0.15) is 0 Å². The first-order valence-electron chi connectivity index (χ1n) is 7.97. The highest BCUT2D eigenvalue weighted by atomic mass is 16.1. The molecule has 0 saturated carbocycles. The van der Waals surface area contributed by atoms with E-state index in [9.17, 15) is 4.79 Å². The van der Waals surface area contributed by atoms with E-state index < -0.39 is 0 Å². The second kappa shape index (κ2) is 5.88. The molecular formula is C18H17N5O. The molecule has 1 amide bonds. The predicted molar refractivity (Wildman–Crippen MR) is 90.8 cm³/mol. The minimum absolute atomic E-state index is 0.183. The van der Waals surface area contributed by atoms with Crippen LogP contribution < -0.4 is 5.32 Å². The maximum absolute atomic E-state index is 12.8. The summed E-state index contributed by atoms with van der Waals surface area (Å²) in [6.07, 6.45) is 7.95. The summed E-state index contributed by atoms with van der Waals surface area (Å²) in [6.45, 7) is 1.89. The number of H-pyrrole nitrogens is 1.